The molecule has 0 aliphatic rings. The van der Waals surface area contributed by atoms with Gasteiger partial charge in [0.1, 0.15) is 6.61 Å². The van der Waals surface area contributed by atoms with Crippen molar-refractivity contribution in [3.05, 3.63) is 12.3 Å². The first-order valence-electron chi connectivity index (χ1n) is 11.7. The predicted molar refractivity (Wildman–Crippen MR) is 119 cm³/mol. The van der Waals surface area contributed by atoms with E-state index in [1.807, 2.05) is 0 Å². The largest absolute Gasteiger partial charge is 0.499 e. The maximum Gasteiger partial charge on any atom is 0.111 e. The van der Waals surface area contributed by atoms with Gasteiger partial charge >= 0.3 is 0 Å². The summed E-state index contributed by atoms with van der Waals surface area (Å²) in [6, 6.07) is 0. The molecule has 0 aliphatic heterocycles. The molecule has 7 heteroatoms. The van der Waals surface area contributed by atoms with Crippen molar-refractivity contribution in [3.63, 3.8) is 0 Å². The van der Waals surface area contributed by atoms with E-state index in [2.05, 4.69) is 13.0 Å². The lowest BCUT2D eigenvalue weighted by Crippen LogP contribution is -2.14. The van der Waals surface area contributed by atoms with Crippen LogP contribution in [0.15, 0.2) is 12.3 Å². The third-order valence-electron chi connectivity index (χ3n) is 4.24. The Balaban J connectivity index is 3.04. The highest BCUT2D eigenvalue weighted by Crippen LogP contribution is 2.08. The number of allylic oxidation sites excluding steroid dienone is 1. The first-order chi connectivity index (χ1) is 14.9. The summed E-state index contributed by atoms with van der Waals surface area (Å²) in [5.74, 6) is 0. The van der Waals surface area contributed by atoms with E-state index in [1.54, 1.807) is 6.26 Å². The van der Waals surface area contributed by atoms with Crippen LogP contribution in [0, 0.1) is 0 Å². The van der Waals surface area contributed by atoms with E-state index in [0.717, 1.165) is 6.42 Å². The molecule has 0 unspecified atom stereocenters. The molecule has 7 nitrogen and oxygen atoms in total. The summed E-state index contributed by atoms with van der Waals surface area (Å²) in [6.45, 7) is 8.03. The molecule has 0 spiro atoms. The molecule has 0 rings (SSSR count). The zero-order valence-corrected chi connectivity index (χ0v) is 19.2. The van der Waals surface area contributed by atoms with Crippen molar-refractivity contribution in [2.24, 2.45) is 0 Å². The molecular formula is C23H46O7. The van der Waals surface area contributed by atoms with Crippen LogP contribution in [0.3, 0.4) is 0 Å². The van der Waals surface area contributed by atoms with E-state index >= 15 is 0 Å². The van der Waals surface area contributed by atoms with Crippen molar-refractivity contribution >= 4 is 0 Å². The van der Waals surface area contributed by atoms with E-state index < -0.39 is 0 Å². The third kappa shape index (κ3) is 27.3. The molecule has 0 amide bonds. The molecule has 1 N–H and O–H groups in total. The summed E-state index contributed by atoms with van der Waals surface area (Å²) in [5.41, 5.74) is 0. The second kappa shape index (κ2) is 28.3. The summed E-state index contributed by atoms with van der Waals surface area (Å²) in [7, 11) is 0. The Hall–Kier alpha value is -0.700. The van der Waals surface area contributed by atoms with Gasteiger partial charge in [0.05, 0.1) is 78.9 Å². The first kappa shape index (κ1) is 29.3. The second-order valence-electron chi connectivity index (χ2n) is 6.94. The molecule has 0 saturated carbocycles. The molecule has 180 valence electrons. The monoisotopic (exact) mass is 434 g/mol. The van der Waals surface area contributed by atoms with Crippen molar-refractivity contribution in [2.75, 3.05) is 79.3 Å². The quantitative estimate of drug-likeness (QED) is 0.164. The van der Waals surface area contributed by atoms with Crippen LogP contribution in [-0.2, 0) is 28.4 Å². The number of ether oxygens (including phenoxy) is 6. The molecule has 0 aromatic carbocycles. The molecule has 0 fully saturated rings. The fourth-order valence-corrected chi connectivity index (χ4v) is 2.58. The normalized spacial score (nSPS) is 11.5. The topological polar surface area (TPSA) is 75.6 Å². The molecular weight excluding hydrogens is 388 g/mol. The fourth-order valence-electron chi connectivity index (χ4n) is 2.58. The molecule has 30 heavy (non-hydrogen) atoms. The fraction of sp³-hybridized carbons (Fsp3) is 0.913. The van der Waals surface area contributed by atoms with E-state index in [1.165, 1.54) is 44.9 Å². The first-order valence-corrected chi connectivity index (χ1v) is 11.7. The van der Waals surface area contributed by atoms with Crippen LogP contribution >= 0.6 is 0 Å². The number of hydrogen-bond donors (Lipinski definition) is 1. The summed E-state index contributed by atoms with van der Waals surface area (Å²) in [5, 5.41) is 8.54. The Kier molecular flexibility index (Phi) is 27.6. The van der Waals surface area contributed by atoms with Crippen LogP contribution in [-0.4, -0.2) is 84.4 Å². The van der Waals surface area contributed by atoms with Gasteiger partial charge in [-0.15, -0.1) is 0 Å². The maximum atomic E-state index is 8.54. The van der Waals surface area contributed by atoms with Crippen molar-refractivity contribution in [1.82, 2.24) is 0 Å². The van der Waals surface area contributed by atoms with Gasteiger partial charge in [-0.2, -0.15) is 0 Å². The smallest absolute Gasteiger partial charge is 0.111 e. The van der Waals surface area contributed by atoms with E-state index in [9.17, 15) is 0 Å². The van der Waals surface area contributed by atoms with Gasteiger partial charge < -0.3 is 33.5 Å². The van der Waals surface area contributed by atoms with Crippen LogP contribution in [0.5, 0.6) is 0 Å². The zero-order valence-electron chi connectivity index (χ0n) is 19.2. The van der Waals surface area contributed by atoms with E-state index in [0.29, 0.717) is 72.7 Å². The molecule has 0 heterocycles. The second-order valence-corrected chi connectivity index (χ2v) is 6.94. The number of aliphatic hydroxyl groups is 1. The molecule has 0 aromatic heterocycles. The van der Waals surface area contributed by atoms with Crippen molar-refractivity contribution in [1.29, 1.82) is 0 Å². The summed E-state index contributed by atoms with van der Waals surface area (Å²) in [4.78, 5) is 0. The van der Waals surface area contributed by atoms with Gasteiger partial charge in [-0.1, -0.05) is 45.4 Å². The van der Waals surface area contributed by atoms with Gasteiger partial charge in [-0.05, 0) is 18.9 Å². The van der Waals surface area contributed by atoms with Crippen LogP contribution in [0.2, 0.25) is 0 Å². The van der Waals surface area contributed by atoms with Crippen molar-refractivity contribution in [2.45, 2.75) is 58.3 Å². The molecule has 0 saturated heterocycles. The standard InChI is InChI=1S/C23H46O7/c1-2-3-4-5-6-7-8-9-10-12-25-14-16-27-18-20-29-22-23-30-21-19-28-17-15-26-13-11-24/h10,12,24H,2-9,11,13-23H2,1H3. The number of hydrogen-bond acceptors (Lipinski definition) is 7. The minimum Gasteiger partial charge on any atom is -0.499 e. The van der Waals surface area contributed by atoms with E-state index in [-0.39, 0.29) is 6.61 Å². The van der Waals surface area contributed by atoms with Crippen molar-refractivity contribution < 1.29 is 33.5 Å². The van der Waals surface area contributed by atoms with Gasteiger partial charge in [0.2, 0.25) is 0 Å². The number of unbranched alkanes of at least 4 members (excludes halogenated alkanes) is 7. The van der Waals surface area contributed by atoms with Gasteiger partial charge in [-0.25, -0.2) is 0 Å². The lowest BCUT2D eigenvalue weighted by molar-refractivity contribution is -0.0155. The summed E-state index contributed by atoms with van der Waals surface area (Å²) in [6.07, 6.45) is 14.3. The predicted octanol–water partition coefficient (Wildman–Crippen LogP) is 3.73. The Morgan fingerprint density at radius 1 is 0.533 bits per heavy atom. The Bertz CT molecular complexity index is 327. The Morgan fingerprint density at radius 3 is 1.47 bits per heavy atom. The Morgan fingerprint density at radius 2 is 0.967 bits per heavy atom. The van der Waals surface area contributed by atoms with Crippen LogP contribution < -0.4 is 0 Å². The minimum atomic E-state index is 0.0404. The minimum absolute atomic E-state index is 0.0404. The average molecular weight is 435 g/mol. The van der Waals surface area contributed by atoms with Gasteiger partial charge in [-0.3, -0.25) is 0 Å². The average Bonchev–Trinajstić information content (AvgIpc) is 2.76. The molecule has 0 aliphatic carbocycles. The highest BCUT2D eigenvalue weighted by molar-refractivity contribution is 4.73. The summed E-state index contributed by atoms with van der Waals surface area (Å²) >= 11 is 0. The molecule has 0 aromatic rings. The lowest BCUT2D eigenvalue weighted by Gasteiger charge is -2.07. The SMILES string of the molecule is CCCCCCCCCC=COCCOCCOCCOCCOCCOCCO. The van der Waals surface area contributed by atoms with E-state index in [4.69, 9.17) is 33.5 Å². The highest BCUT2D eigenvalue weighted by Gasteiger charge is 1.94. The molecule has 0 atom stereocenters. The lowest BCUT2D eigenvalue weighted by atomic mass is 10.1. The highest BCUT2D eigenvalue weighted by atomic mass is 16.6. The Labute approximate surface area is 184 Å². The maximum absolute atomic E-state index is 8.54. The van der Waals surface area contributed by atoms with Crippen LogP contribution in [0.4, 0.5) is 0 Å². The van der Waals surface area contributed by atoms with Crippen LogP contribution in [0.25, 0.3) is 0 Å². The number of aliphatic hydroxyl groups excluding tert-OH is 1. The summed E-state index contributed by atoms with van der Waals surface area (Å²) < 4.78 is 32.1. The van der Waals surface area contributed by atoms with Crippen LogP contribution in [0.1, 0.15) is 58.3 Å². The van der Waals surface area contributed by atoms with Gasteiger partial charge in [0, 0.05) is 0 Å². The zero-order chi connectivity index (χ0) is 21.8. The van der Waals surface area contributed by atoms with Gasteiger partial charge in [0.25, 0.3) is 0 Å². The molecule has 0 radical (unpaired) electrons. The molecule has 0 bridgehead atoms. The van der Waals surface area contributed by atoms with Crippen molar-refractivity contribution in [3.8, 4) is 0 Å². The van der Waals surface area contributed by atoms with Gasteiger partial charge in [0.15, 0.2) is 0 Å². The third-order valence-corrected chi connectivity index (χ3v) is 4.24. The number of rotatable bonds is 26.